The van der Waals surface area contributed by atoms with Gasteiger partial charge >= 0.3 is 0 Å². The molecule has 0 unspecified atom stereocenters. The van der Waals surface area contributed by atoms with Crippen LogP contribution in [0.5, 0.6) is 0 Å². The quantitative estimate of drug-likeness (QED) is 0.339. The Labute approximate surface area is 160 Å². The maximum Gasteiger partial charge on any atom is 0.187 e. The van der Waals surface area contributed by atoms with E-state index in [2.05, 4.69) is 0 Å². The highest BCUT2D eigenvalue weighted by molar-refractivity contribution is 5.15. The SMILES string of the molecule is C[C@H](/C=C/[C@]1(O)[C@H](C)C[C@H](O)CC1(C)C)O[C@H]1O[C@@H](CO)[C@@H](O)[C@@H](O)[C@H]1O. The molecule has 8 nitrogen and oxygen atoms in total. The van der Waals surface area contributed by atoms with Crippen molar-refractivity contribution in [1.82, 2.24) is 0 Å². The summed E-state index contributed by atoms with van der Waals surface area (Å²) >= 11 is 0. The van der Waals surface area contributed by atoms with E-state index in [9.17, 15) is 30.6 Å². The summed E-state index contributed by atoms with van der Waals surface area (Å²) in [4.78, 5) is 0. The Bertz CT molecular complexity index is 522. The van der Waals surface area contributed by atoms with Gasteiger partial charge in [-0.1, -0.05) is 32.9 Å². The van der Waals surface area contributed by atoms with Gasteiger partial charge in [-0.25, -0.2) is 0 Å². The Balaban J connectivity index is 2.07. The summed E-state index contributed by atoms with van der Waals surface area (Å²) in [6.07, 6.45) is -3.42. The molecule has 0 spiro atoms. The summed E-state index contributed by atoms with van der Waals surface area (Å²) < 4.78 is 10.9. The standard InChI is InChI=1S/C19H34O8/c1-10-7-12(21)8-18(3,4)19(10,25)6-5-11(2)26-17-16(24)15(23)14(22)13(9-20)27-17/h5-6,10-17,20-25H,7-9H2,1-4H3/b6-5+/t10-,11-,12+,13+,14-,15-,16-,17+,19+/m1/s1. The van der Waals surface area contributed by atoms with Crippen molar-refractivity contribution < 1.29 is 40.1 Å². The molecular formula is C19H34O8. The van der Waals surface area contributed by atoms with Crippen molar-refractivity contribution in [2.45, 2.75) is 89.1 Å². The van der Waals surface area contributed by atoms with Gasteiger partial charge in [-0.15, -0.1) is 0 Å². The summed E-state index contributed by atoms with van der Waals surface area (Å²) in [5, 5.41) is 60.1. The molecule has 2 fully saturated rings. The fourth-order valence-electron chi connectivity index (χ4n) is 4.20. The lowest BCUT2D eigenvalue weighted by molar-refractivity contribution is -0.306. The van der Waals surface area contributed by atoms with E-state index in [-0.39, 0.29) is 5.92 Å². The van der Waals surface area contributed by atoms with Crippen LogP contribution in [0.4, 0.5) is 0 Å². The van der Waals surface area contributed by atoms with E-state index < -0.39 is 60.5 Å². The topological polar surface area (TPSA) is 140 Å². The largest absolute Gasteiger partial charge is 0.394 e. The highest BCUT2D eigenvalue weighted by Crippen LogP contribution is 2.48. The van der Waals surface area contributed by atoms with E-state index >= 15 is 0 Å². The molecule has 1 aliphatic carbocycles. The van der Waals surface area contributed by atoms with Gasteiger partial charge in [-0.05, 0) is 31.1 Å². The van der Waals surface area contributed by atoms with Crippen LogP contribution in [0, 0.1) is 11.3 Å². The molecule has 2 aliphatic rings. The van der Waals surface area contributed by atoms with Crippen LogP contribution in [0.25, 0.3) is 0 Å². The average Bonchev–Trinajstić information content (AvgIpc) is 2.58. The third-order valence-electron chi connectivity index (χ3n) is 6.03. The summed E-state index contributed by atoms with van der Waals surface area (Å²) in [6.45, 7) is 6.86. The minimum absolute atomic E-state index is 0.160. The van der Waals surface area contributed by atoms with Crippen LogP contribution in [-0.4, -0.2) is 85.8 Å². The molecule has 1 aliphatic heterocycles. The van der Waals surface area contributed by atoms with Gasteiger partial charge in [-0.2, -0.15) is 0 Å². The maximum atomic E-state index is 11.2. The van der Waals surface area contributed by atoms with Gasteiger partial charge in [0.05, 0.1) is 24.4 Å². The molecule has 0 radical (unpaired) electrons. The first-order valence-electron chi connectivity index (χ1n) is 9.48. The lowest BCUT2D eigenvalue weighted by atomic mass is 9.60. The molecule has 158 valence electrons. The smallest absolute Gasteiger partial charge is 0.187 e. The molecule has 0 aromatic carbocycles. The van der Waals surface area contributed by atoms with E-state index in [1.54, 1.807) is 19.1 Å². The predicted octanol–water partition coefficient (Wildman–Crippen LogP) is -0.704. The molecular weight excluding hydrogens is 356 g/mol. The van der Waals surface area contributed by atoms with Gasteiger partial charge in [-0.3, -0.25) is 0 Å². The van der Waals surface area contributed by atoms with Gasteiger partial charge in [0.1, 0.15) is 24.4 Å². The number of ether oxygens (including phenoxy) is 2. The van der Waals surface area contributed by atoms with Gasteiger partial charge < -0.3 is 40.1 Å². The van der Waals surface area contributed by atoms with E-state index in [0.29, 0.717) is 12.8 Å². The van der Waals surface area contributed by atoms with Crippen molar-refractivity contribution >= 4 is 0 Å². The second kappa shape index (κ2) is 8.42. The van der Waals surface area contributed by atoms with Crippen molar-refractivity contribution in [3.63, 3.8) is 0 Å². The molecule has 9 atom stereocenters. The number of hydrogen-bond acceptors (Lipinski definition) is 8. The minimum Gasteiger partial charge on any atom is -0.394 e. The third-order valence-corrected chi connectivity index (χ3v) is 6.03. The Hall–Kier alpha value is -0.580. The molecule has 0 amide bonds. The highest BCUT2D eigenvalue weighted by Gasteiger charge is 2.50. The van der Waals surface area contributed by atoms with E-state index in [0.717, 1.165) is 0 Å². The number of hydrogen-bond donors (Lipinski definition) is 6. The van der Waals surface area contributed by atoms with Crippen LogP contribution >= 0.6 is 0 Å². The van der Waals surface area contributed by atoms with Crippen LogP contribution in [0.2, 0.25) is 0 Å². The third kappa shape index (κ3) is 4.54. The lowest BCUT2D eigenvalue weighted by Crippen LogP contribution is -2.59. The Morgan fingerprint density at radius 1 is 1.15 bits per heavy atom. The van der Waals surface area contributed by atoms with Crippen LogP contribution < -0.4 is 0 Å². The molecule has 6 N–H and O–H groups in total. The van der Waals surface area contributed by atoms with E-state index in [1.165, 1.54) is 0 Å². The molecule has 0 bridgehead atoms. The summed E-state index contributed by atoms with van der Waals surface area (Å²) in [6, 6.07) is 0. The van der Waals surface area contributed by atoms with Crippen molar-refractivity contribution in [1.29, 1.82) is 0 Å². The van der Waals surface area contributed by atoms with Gasteiger partial charge in [0.2, 0.25) is 0 Å². The van der Waals surface area contributed by atoms with E-state index in [4.69, 9.17) is 9.47 Å². The highest BCUT2D eigenvalue weighted by atomic mass is 16.7. The number of aliphatic hydroxyl groups excluding tert-OH is 5. The predicted molar refractivity (Wildman–Crippen MR) is 96.6 cm³/mol. The molecule has 1 saturated heterocycles. The zero-order chi connectivity index (χ0) is 20.6. The van der Waals surface area contributed by atoms with E-state index in [1.807, 2.05) is 20.8 Å². The van der Waals surface area contributed by atoms with Crippen LogP contribution in [0.15, 0.2) is 12.2 Å². The number of rotatable bonds is 5. The Morgan fingerprint density at radius 3 is 2.33 bits per heavy atom. The first-order valence-corrected chi connectivity index (χ1v) is 9.48. The first kappa shape index (κ1) is 22.7. The summed E-state index contributed by atoms with van der Waals surface area (Å²) in [7, 11) is 0. The fraction of sp³-hybridized carbons (Fsp3) is 0.895. The molecule has 8 heteroatoms. The first-order chi connectivity index (χ1) is 12.4. The maximum absolute atomic E-state index is 11.2. The molecule has 1 saturated carbocycles. The van der Waals surface area contributed by atoms with Crippen molar-refractivity contribution in [2.75, 3.05) is 6.61 Å². The molecule has 0 aromatic rings. The van der Waals surface area contributed by atoms with Crippen LogP contribution in [0.3, 0.4) is 0 Å². The molecule has 2 rings (SSSR count). The number of aliphatic hydroxyl groups is 6. The lowest BCUT2D eigenvalue weighted by Gasteiger charge is -2.50. The normalized spacial score (nSPS) is 46.5. The second-order valence-electron chi connectivity index (χ2n) is 8.60. The Morgan fingerprint density at radius 2 is 1.78 bits per heavy atom. The minimum atomic E-state index is -1.50. The summed E-state index contributed by atoms with van der Waals surface area (Å²) in [5.41, 5.74) is -1.68. The van der Waals surface area contributed by atoms with Crippen molar-refractivity contribution in [3.05, 3.63) is 12.2 Å². The van der Waals surface area contributed by atoms with Crippen LogP contribution in [-0.2, 0) is 9.47 Å². The zero-order valence-electron chi connectivity index (χ0n) is 16.4. The van der Waals surface area contributed by atoms with Crippen molar-refractivity contribution in [3.8, 4) is 0 Å². The monoisotopic (exact) mass is 390 g/mol. The van der Waals surface area contributed by atoms with Gasteiger partial charge in [0.15, 0.2) is 6.29 Å². The van der Waals surface area contributed by atoms with Gasteiger partial charge in [0, 0.05) is 0 Å². The molecule has 0 aromatic heterocycles. The fourth-order valence-corrected chi connectivity index (χ4v) is 4.20. The van der Waals surface area contributed by atoms with Crippen LogP contribution in [0.1, 0.15) is 40.5 Å². The zero-order valence-corrected chi connectivity index (χ0v) is 16.4. The summed E-state index contributed by atoms with van der Waals surface area (Å²) in [5.74, 6) is -0.160. The molecule has 27 heavy (non-hydrogen) atoms. The average molecular weight is 390 g/mol. The Kier molecular flexibility index (Phi) is 7.08. The van der Waals surface area contributed by atoms with Crippen molar-refractivity contribution in [2.24, 2.45) is 11.3 Å². The second-order valence-corrected chi connectivity index (χ2v) is 8.60. The van der Waals surface area contributed by atoms with Gasteiger partial charge in [0.25, 0.3) is 0 Å². The molecule has 1 heterocycles.